The molecule has 0 aliphatic rings. The molecule has 0 unspecified atom stereocenters. The molecule has 0 amide bonds. The Kier molecular flexibility index (Phi) is 6.33. The molecule has 49 heavy (non-hydrogen) atoms. The van der Waals surface area contributed by atoms with Crippen LogP contribution < -0.4 is 0 Å². The second-order valence-electron chi connectivity index (χ2n) is 12.6. The zero-order chi connectivity index (χ0) is 32.5. The molecule has 1 aromatic heterocycles. The van der Waals surface area contributed by atoms with E-state index in [0.717, 1.165) is 27.2 Å². The van der Waals surface area contributed by atoms with E-state index in [9.17, 15) is 0 Å². The van der Waals surface area contributed by atoms with Gasteiger partial charge in [0, 0.05) is 0 Å². The number of nitrogens with zero attached hydrogens (tertiary/aromatic N) is 1. The summed E-state index contributed by atoms with van der Waals surface area (Å²) in [6, 6.07) is 59.5. The second kappa shape index (κ2) is 11.0. The van der Waals surface area contributed by atoms with Crippen molar-refractivity contribution in [2.45, 2.75) is 0 Å². The summed E-state index contributed by atoms with van der Waals surface area (Å²) in [5.41, 5.74) is 8.23. The van der Waals surface area contributed by atoms with Gasteiger partial charge >= 0.3 is 291 Å². The Morgan fingerprint density at radius 2 is 0.857 bits per heavy atom. The number of hydrogen-bond acceptors (Lipinski definition) is 0. The molecule has 1 nitrogen and oxygen atoms in total. The van der Waals surface area contributed by atoms with Gasteiger partial charge < -0.3 is 0 Å². The third-order valence-corrected chi connectivity index (χ3v) is 12.4. The third-order valence-electron chi connectivity index (χ3n) is 10.1. The van der Waals surface area contributed by atoms with Gasteiger partial charge in [0.05, 0.1) is 0 Å². The monoisotopic (exact) mass is 685 g/mol. The van der Waals surface area contributed by atoms with Gasteiger partial charge in [0.2, 0.25) is 0 Å². The molecular weight excluding hydrogens is 657 g/mol. The molecule has 0 radical (unpaired) electrons. The Bertz CT molecular complexity index is 2880. The van der Waals surface area contributed by atoms with Gasteiger partial charge in [-0.2, -0.15) is 0 Å². The van der Waals surface area contributed by atoms with Gasteiger partial charge in [0.25, 0.3) is 0 Å². The molecule has 0 fully saturated rings. The zero-order valence-corrected chi connectivity index (χ0v) is 28.2. The Balaban J connectivity index is 1.31. The molecule has 9 aromatic carbocycles. The zero-order valence-electron chi connectivity index (χ0n) is 26.4. The summed E-state index contributed by atoms with van der Waals surface area (Å²) in [6.07, 6.45) is 0. The topological polar surface area (TPSA) is 4.36 Å². The van der Waals surface area contributed by atoms with Crippen molar-refractivity contribution in [3.63, 3.8) is 0 Å². The first-order valence-corrected chi connectivity index (χ1v) is 18.3. The SMILES string of the molecule is [C-]#[N+]c1c2ccccc2c(-c2cccc3[se]c4ccc(-c5c6ccccc6c(-c6ccccc6)c6ccccc56)cc4c23)c2ccccc12. The molecule has 10 rings (SSSR count). The standard InChI is InChI=1S/C47H27NSe/c1-48-47-37-22-11-9-20-35(37)45(36-21-10-12-23-38(36)47)39-24-13-25-42-46(39)40-28-30(26-27-41(40)49-42)44-33-18-7-5-16-31(33)43(29-14-3-2-4-15-29)32-17-6-8-19-34(32)44/h2-28H. The van der Waals surface area contributed by atoms with Gasteiger partial charge in [-0.3, -0.25) is 0 Å². The van der Waals surface area contributed by atoms with E-state index >= 15 is 0 Å². The molecule has 2 heteroatoms. The first-order chi connectivity index (χ1) is 24.3. The van der Waals surface area contributed by atoms with Crippen molar-refractivity contribution in [2.75, 3.05) is 0 Å². The minimum absolute atomic E-state index is 0.197. The molecule has 0 saturated carbocycles. The molecule has 0 atom stereocenters. The van der Waals surface area contributed by atoms with E-state index in [0.29, 0.717) is 0 Å². The van der Waals surface area contributed by atoms with Gasteiger partial charge in [-0.1, -0.05) is 0 Å². The quantitative estimate of drug-likeness (QED) is 0.0991. The van der Waals surface area contributed by atoms with E-state index in [1.54, 1.807) is 0 Å². The molecule has 0 aliphatic heterocycles. The normalized spacial score (nSPS) is 11.7. The fourth-order valence-corrected chi connectivity index (χ4v) is 10.4. The summed E-state index contributed by atoms with van der Waals surface area (Å²) in [4.78, 5) is 4.04. The van der Waals surface area contributed by atoms with Gasteiger partial charge in [-0.05, 0) is 0 Å². The van der Waals surface area contributed by atoms with E-state index in [4.69, 9.17) is 6.57 Å². The predicted molar refractivity (Wildman–Crippen MR) is 211 cm³/mol. The van der Waals surface area contributed by atoms with Crippen LogP contribution in [-0.2, 0) is 0 Å². The predicted octanol–water partition coefficient (Wildman–Crippen LogP) is 13.2. The van der Waals surface area contributed by atoms with Crippen molar-refractivity contribution in [1.82, 2.24) is 0 Å². The van der Waals surface area contributed by atoms with Crippen LogP contribution in [0.25, 0.3) is 101 Å². The number of fused-ring (bicyclic) bond motifs is 7. The maximum absolute atomic E-state index is 8.11. The summed E-state index contributed by atoms with van der Waals surface area (Å²) in [7, 11) is 0. The molecule has 226 valence electrons. The van der Waals surface area contributed by atoms with Crippen LogP contribution in [0.1, 0.15) is 0 Å². The van der Waals surface area contributed by atoms with Crippen LogP contribution in [-0.4, -0.2) is 14.5 Å². The Labute approximate surface area is 289 Å². The first kappa shape index (κ1) is 28.1. The summed E-state index contributed by atoms with van der Waals surface area (Å²) in [5.74, 6) is 0. The molecule has 0 saturated heterocycles. The average Bonchev–Trinajstić information content (AvgIpc) is 3.54. The summed E-state index contributed by atoms with van der Waals surface area (Å²) in [5, 5.41) is 12.0. The number of hydrogen-bond donors (Lipinski definition) is 0. The molecule has 0 bridgehead atoms. The van der Waals surface area contributed by atoms with Gasteiger partial charge in [-0.15, -0.1) is 0 Å². The molecule has 0 spiro atoms. The van der Waals surface area contributed by atoms with Crippen molar-refractivity contribution in [3.05, 3.63) is 175 Å². The second-order valence-corrected chi connectivity index (χ2v) is 14.9. The summed E-state index contributed by atoms with van der Waals surface area (Å²) in [6.45, 7) is 8.11. The maximum atomic E-state index is 8.11. The number of benzene rings is 9. The van der Waals surface area contributed by atoms with Crippen LogP contribution in [0.15, 0.2) is 164 Å². The first-order valence-electron chi connectivity index (χ1n) is 16.6. The average molecular weight is 685 g/mol. The Hall–Kier alpha value is -5.97. The fourth-order valence-electron chi connectivity index (χ4n) is 8.06. The van der Waals surface area contributed by atoms with Crippen molar-refractivity contribution < 1.29 is 0 Å². The van der Waals surface area contributed by atoms with Crippen molar-refractivity contribution in [1.29, 1.82) is 0 Å². The third kappa shape index (κ3) is 4.17. The van der Waals surface area contributed by atoms with Crippen LogP contribution in [0.4, 0.5) is 5.69 Å². The summed E-state index contributed by atoms with van der Waals surface area (Å²) < 4.78 is 2.83. The van der Waals surface area contributed by atoms with Crippen LogP contribution >= 0.6 is 0 Å². The molecule has 0 N–H and O–H groups in total. The summed E-state index contributed by atoms with van der Waals surface area (Å²) >= 11 is 0.197. The van der Waals surface area contributed by atoms with E-state index < -0.39 is 0 Å². The van der Waals surface area contributed by atoms with Crippen molar-refractivity contribution >= 4 is 82.6 Å². The molecule has 0 aliphatic carbocycles. The van der Waals surface area contributed by atoms with Gasteiger partial charge in [0.15, 0.2) is 0 Å². The fraction of sp³-hybridized carbons (Fsp3) is 0. The van der Waals surface area contributed by atoms with Gasteiger partial charge in [0.1, 0.15) is 0 Å². The van der Waals surface area contributed by atoms with E-state index in [1.165, 1.54) is 74.2 Å². The van der Waals surface area contributed by atoms with Crippen molar-refractivity contribution in [2.24, 2.45) is 0 Å². The molecule has 1 heterocycles. The van der Waals surface area contributed by atoms with E-state index in [-0.39, 0.29) is 14.5 Å². The molecular formula is C47H27NSe. The van der Waals surface area contributed by atoms with E-state index in [2.05, 4.69) is 157 Å². The van der Waals surface area contributed by atoms with Crippen LogP contribution in [0.3, 0.4) is 0 Å². The molecule has 10 aromatic rings. The van der Waals surface area contributed by atoms with Crippen LogP contribution in [0, 0.1) is 6.57 Å². The Morgan fingerprint density at radius 3 is 1.41 bits per heavy atom. The van der Waals surface area contributed by atoms with Gasteiger partial charge in [-0.25, -0.2) is 0 Å². The Morgan fingerprint density at radius 1 is 0.367 bits per heavy atom. The van der Waals surface area contributed by atoms with E-state index in [1.807, 2.05) is 12.1 Å². The van der Waals surface area contributed by atoms with Crippen LogP contribution in [0.5, 0.6) is 0 Å². The number of rotatable bonds is 3. The van der Waals surface area contributed by atoms with Crippen LogP contribution in [0.2, 0.25) is 0 Å². The van der Waals surface area contributed by atoms with Crippen molar-refractivity contribution in [3.8, 4) is 33.4 Å². The minimum atomic E-state index is 0.197.